The number of hydrogen-bond donors (Lipinski definition) is 0. The fourth-order valence-corrected chi connectivity index (χ4v) is 1.82. The van der Waals surface area contributed by atoms with Crippen LogP contribution in [0.15, 0.2) is 12.2 Å². The Labute approximate surface area is 117 Å². The Bertz CT molecular complexity index is 282. The lowest BCUT2D eigenvalue weighted by Crippen LogP contribution is -2.05. The molecule has 0 aliphatic carbocycles. The highest BCUT2D eigenvalue weighted by Gasteiger charge is 2.01. The molecule has 0 aromatic heterocycles. The van der Waals surface area contributed by atoms with E-state index in [1.165, 1.54) is 25.7 Å². The predicted molar refractivity (Wildman–Crippen MR) is 78.0 cm³/mol. The molecule has 19 heavy (non-hydrogen) atoms. The highest BCUT2D eigenvalue weighted by atomic mass is 16.5. The molecule has 0 amide bonds. The summed E-state index contributed by atoms with van der Waals surface area (Å²) in [5.41, 5.74) is 0.463. The topological polar surface area (TPSA) is 43.4 Å². The molecule has 3 nitrogen and oxygen atoms in total. The summed E-state index contributed by atoms with van der Waals surface area (Å²) < 4.78 is 5.02. The molecular formula is C16H28O3. The molecule has 0 heterocycles. The number of ketones is 1. The minimum absolute atomic E-state index is 0.287. The van der Waals surface area contributed by atoms with Crippen LogP contribution in [0.1, 0.15) is 71.6 Å². The zero-order valence-electron chi connectivity index (χ0n) is 12.5. The van der Waals surface area contributed by atoms with E-state index < -0.39 is 0 Å². The van der Waals surface area contributed by atoms with E-state index in [0.29, 0.717) is 18.0 Å². The summed E-state index contributed by atoms with van der Waals surface area (Å²) in [5.74, 6) is 0.00905. The van der Waals surface area contributed by atoms with Crippen LogP contribution in [-0.2, 0) is 14.3 Å². The van der Waals surface area contributed by atoms with Gasteiger partial charge in [-0.15, -0.1) is 0 Å². The molecule has 0 aromatic carbocycles. The number of rotatable bonds is 12. The van der Waals surface area contributed by atoms with Crippen molar-refractivity contribution in [3.8, 4) is 0 Å². The van der Waals surface area contributed by atoms with Crippen LogP contribution in [0.5, 0.6) is 0 Å². The molecule has 0 saturated carbocycles. The van der Waals surface area contributed by atoms with Gasteiger partial charge in [-0.2, -0.15) is 0 Å². The van der Waals surface area contributed by atoms with E-state index in [1.807, 2.05) is 0 Å². The van der Waals surface area contributed by atoms with Crippen molar-refractivity contribution in [1.29, 1.82) is 0 Å². The van der Waals surface area contributed by atoms with Gasteiger partial charge in [0.2, 0.25) is 0 Å². The molecule has 0 aliphatic rings. The molecule has 0 aliphatic heterocycles. The molecular weight excluding hydrogens is 240 g/mol. The van der Waals surface area contributed by atoms with Gasteiger partial charge in [0, 0.05) is 12.0 Å². The lowest BCUT2D eigenvalue weighted by atomic mass is 10.1. The minimum atomic E-state index is -0.287. The fourth-order valence-electron chi connectivity index (χ4n) is 1.82. The van der Waals surface area contributed by atoms with Crippen molar-refractivity contribution in [3.05, 3.63) is 12.2 Å². The lowest BCUT2D eigenvalue weighted by Gasteiger charge is -2.04. The first kappa shape index (κ1) is 17.9. The molecule has 0 rings (SSSR count). The van der Waals surface area contributed by atoms with Crippen molar-refractivity contribution < 1.29 is 14.3 Å². The molecule has 0 radical (unpaired) electrons. The van der Waals surface area contributed by atoms with Gasteiger partial charge in [0.25, 0.3) is 0 Å². The van der Waals surface area contributed by atoms with E-state index in [9.17, 15) is 9.59 Å². The smallest absolute Gasteiger partial charge is 0.333 e. The predicted octanol–water partition coefficient (Wildman–Crippen LogP) is 4.21. The number of carbonyl (C=O) groups excluding carboxylic acids is 2. The Morgan fingerprint density at radius 2 is 1.32 bits per heavy atom. The van der Waals surface area contributed by atoms with Gasteiger partial charge >= 0.3 is 5.97 Å². The monoisotopic (exact) mass is 268 g/mol. The standard InChI is InChI=1S/C16H28O3/c1-14(2)16(18)19-13-11-9-7-5-4-6-8-10-12-15(3)17/h1,4-13H2,2-3H3. The largest absolute Gasteiger partial charge is 0.462 e. The van der Waals surface area contributed by atoms with Crippen LogP contribution >= 0.6 is 0 Å². The van der Waals surface area contributed by atoms with E-state index in [1.54, 1.807) is 13.8 Å². The van der Waals surface area contributed by atoms with E-state index in [-0.39, 0.29) is 5.97 Å². The normalized spacial score (nSPS) is 10.2. The Morgan fingerprint density at radius 1 is 0.842 bits per heavy atom. The number of ether oxygens (including phenoxy) is 1. The number of Topliss-reactive ketones (excluding diaryl/α,β-unsaturated/α-hetero) is 1. The molecule has 3 heteroatoms. The Balaban J connectivity index is 3.13. The maximum atomic E-state index is 11.1. The third-order valence-corrected chi connectivity index (χ3v) is 3.00. The van der Waals surface area contributed by atoms with Gasteiger partial charge in [-0.3, -0.25) is 0 Å². The SMILES string of the molecule is C=C(C)C(=O)OCCCCCCCCCCC(C)=O. The zero-order chi connectivity index (χ0) is 14.5. The first-order valence-electron chi connectivity index (χ1n) is 7.36. The van der Waals surface area contributed by atoms with Crippen molar-refractivity contribution >= 4 is 11.8 Å². The second-order valence-electron chi connectivity index (χ2n) is 5.20. The summed E-state index contributed by atoms with van der Waals surface area (Å²) in [6.45, 7) is 7.35. The van der Waals surface area contributed by atoms with E-state index >= 15 is 0 Å². The molecule has 0 aromatic rings. The van der Waals surface area contributed by atoms with Gasteiger partial charge in [0.05, 0.1) is 6.61 Å². The number of carbonyl (C=O) groups is 2. The van der Waals surface area contributed by atoms with Crippen LogP contribution in [-0.4, -0.2) is 18.4 Å². The Morgan fingerprint density at radius 3 is 1.79 bits per heavy atom. The highest BCUT2D eigenvalue weighted by molar-refractivity contribution is 5.86. The summed E-state index contributed by atoms with van der Waals surface area (Å²) in [4.78, 5) is 21.8. The highest BCUT2D eigenvalue weighted by Crippen LogP contribution is 2.10. The molecule has 0 bridgehead atoms. The van der Waals surface area contributed by atoms with Crippen LogP contribution < -0.4 is 0 Å². The molecule has 0 atom stereocenters. The third-order valence-electron chi connectivity index (χ3n) is 3.00. The van der Waals surface area contributed by atoms with Crippen LogP contribution in [0, 0.1) is 0 Å². The van der Waals surface area contributed by atoms with Gasteiger partial charge in [0.1, 0.15) is 5.78 Å². The molecule has 0 unspecified atom stereocenters. The Kier molecular flexibility index (Phi) is 11.2. The van der Waals surface area contributed by atoms with Crippen molar-refractivity contribution in [2.24, 2.45) is 0 Å². The zero-order valence-corrected chi connectivity index (χ0v) is 12.5. The molecule has 110 valence electrons. The summed E-state index contributed by atoms with van der Waals surface area (Å²) in [7, 11) is 0. The van der Waals surface area contributed by atoms with Crippen LogP contribution in [0.25, 0.3) is 0 Å². The maximum Gasteiger partial charge on any atom is 0.333 e. The second kappa shape index (κ2) is 11.9. The van der Waals surface area contributed by atoms with E-state index in [2.05, 4.69) is 6.58 Å². The third kappa shape index (κ3) is 13.1. The van der Waals surface area contributed by atoms with Crippen LogP contribution in [0.4, 0.5) is 0 Å². The molecule has 0 spiro atoms. The van der Waals surface area contributed by atoms with Crippen LogP contribution in [0.2, 0.25) is 0 Å². The average Bonchev–Trinajstić information content (AvgIpc) is 2.35. The maximum absolute atomic E-state index is 11.1. The number of esters is 1. The second-order valence-corrected chi connectivity index (χ2v) is 5.20. The molecule has 0 N–H and O–H groups in total. The average molecular weight is 268 g/mol. The quantitative estimate of drug-likeness (QED) is 0.302. The fraction of sp³-hybridized carbons (Fsp3) is 0.750. The summed E-state index contributed by atoms with van der Waals surface area (Å²) >= 11 is 0. The molecule has 0 saturated heterocycles. The summed E-state index contributed by atoms with van der Waals surface area (Å²) in [6, 6.07) is 0. The molecule has 0 fully saturated rings. The van der Waals surface area contributed by atoms with E-state index in [0.717, 1.165) is 32.1 Å². The van der Waals surface area contributed by atoms with Gasteiger partial charge in [-0.25, -0.2) is 4.79 Å². The first-order valence-corrected chi connectivity index (χ1v) is 7.36. The Hall–Kier alpha value is -1.12. The first-order chi connectivity index (χ1) is 9.04. The van der Waals surface area contributed by atoms with Gasteiger partial charge in [-0.05, 0) is 26.7 Å². The van der Waals surface area contributed by atoms with E-state index in [4.69, 9.17) is 4.74 Å². The minimum Gasteiger partial charge on any atom is -0.462 e. The van der Waals surface area contributed by atoms with Crippen molar-refractivity contribution in [3.63, 3.8) is 0 Å². The van der Waals surface area contributed by atoms with Gasteiger partial charge in [0.15, 0.2) is 0 Å². The summed E-state index contributed by atoms with van der Waals surface area (Å²) in [5, 5.41) is 0. The lowest BCUT2D eigenvalue weighted by molar-refractivity contribution is -0.139. The van der Waals surface area contributed by atoms with Crippen molar-refractivity contribution in [2.75, 3.05) is 6.61 Å². The van der Waals surface area contributed by atoms with Gasteiger partial charge < -0.3 is 9.53 Å². The van der Waals surface area contributed by atoms with Gasteiger partial charge in [-0.1, -0.05) is 45.1 Å². The number of hydrogen-bond acceptors (Lipinski definition) is 3. The van der Waals surface area contributed by atoms with Crippen molar-refractivity contribution in [2.45, 2.75) is 71.6 Å². The van der Waals surface area contributed by atoms with Crippen LogP contribution in [0.3, 0.4) is 0 Å². The number of unbranched alkanes of at least 4 members (excludes halogenated alkanes) is 7. The summed E-state index contributed by atoms with van der Waals surface area (Å²) in [6.07, 6.45) is 9.85. The van der Waals surface area contributed by atoms with Crippen molar-refractivity contribution in [1.82, 2.24) is 0 Å².